The van der Waals surface area contributed by atoms with Gasteiger partial charge in [-0.2, -0.15) is 0 Å². The van der Waals surface area contributed by atoms with Gasteiger partial charge < -0.3 is 10.2 Å². The molecule has 0 saturated carbocycles. The molecule has 3 atom stereocenters. The molecule has 3 nitrogen and oxygen atoms in total. The van der Waals surface area contributed by atoms with E-state index in [4.69, 9.17) is 0 Å². The van der Waals surface area contributed by atoms with Gasteiger partial charge in [0.25, 0.3) is 0 Å². The minimum atomic E-state index is 0.650. The van der Waals surface area contributed by atoms with Crippen LogP contribution in [0.4, 0.5) is 0 Å². The first-order valence-electron chi connectivity index (χ1n) is 8.27. The van der Waals surface area contributed by atoms with Crippen molar-refractivity contribution in [3.63, 3.8) is 0 Å². The van der Waals surface area contributed by atoms with Crippen LogP contribution in [0.15, 0.2) is 0 Å². The van der Waals surface area contributed by atoms with E-state index < -0.39 is 0 Å². The lowest BCUT2D eigenvalue weighted by Gasteiger charge is -2.43. The number of rotatable bonds is 8. The fourth-order valence-corrected chi connectivity index (χ4v) is 3.60. The van der Waals surface area contributed by atoms with Gasteiger partial charge >= 0.3 is 0 Å². The SMILES string of the molecule is CCCC(NCC)C(CC)N(C)C1CCCN(C)C1. The zero-order valence-corrected chi connectivity index (χ0v) is 13.8. The standard InChI is InChI=1S/C16H35N3/c1-6-10-15(17-8-3)16(7-2)19(5)14-11-9-12-18(4)13-14/h14-17H,6-13H2,1-5H3. The number of likely N-dealkylation sites (tertiary alicyclic amines) is 1. The topological polar surface area (TPSA) is 18.5 Å². The van der Waals surface area contributed by atoms with E-state index in [2.05, 4.69) is 50.0 Å². The molecule has 0 spiro atoms. The minimum absolute atomic E-state index is 0.650. The van der Waals surface area contributed by atoms with Gasteiger partial charge in [-0.3, -0.25) is 4.90 Å². The highest BCUT2D eigenvalue weighted by molar-refractivity contribution is 4.88. The highest BCUT2D eigenvalue weighted by Gasteiger charge is 2.29. The summed E-state index contributed by atoms with van der Waals surface area (Å²) in [6, 6.07) is 2.07. The summed E-state index contributed by atoms with van der Waals surface area (Å²) < 4.78 is 0. The Morgan fingerprint density at radius 3 is 2.58 bits per heavy atom. The van der Waals surface area contributed by atoms with Crippen LogP contribution in [0.2, 0.25) is 0 Å². The van der Waals surface area contributed by atoms with Crippen LogP contribution in [0.5, 0.6) is 0 Å². The van der Waals surface area contributed by atoms with Crippen molar-refractivity contribution in [2.24, 2.45) is 0 Å². The quantitative estimate of drug-likeness (QED) is 0.730. The molecular formula is C16H35N3. The maximum absolute atomic E-state index is 3.71. The lowest BCUT2D eigenvalue weighted by molar-refractivity contribution is 0.0767. The van der Waals surface area contributed by atoms with Gasteiger partial charge in [0, 0.05) is 24.7 Å². The second-order valence-electron chi connectivity index (χ2n) is 6.15. The molecule has 0 aromatic rings. The molecule has 1 saturated heterocycles. The van der Waals surface area contributed by atoms with Crippen molar-refractivity contribution in [1.82, 2.24) is 15.1 Å². The Labute approximate surface area is 120 Å². The number of hydrogen-bond acceptors (Lipinski definition) is 3. The third-order valence-electron chi connectivity index (χ3n) is 4.65. The van der Waals surface area contributed by atoms with E-state index >= 15 is 0 Å². The van der Waals surface area contributed by atoms with Gasteiger partial charge in [0.2, 0.25) is 0 Å². The van der Waals surface area contributed by atoms with Gasteiger partial charge in [0.05, 0.1) is 0 Å². The molecule has 1 aliphatic rings. The lowest BCUT2D eigenvalue weighted by atomic mass is 9.95. The normalized spacial score (nSPS) is 24.6. The minimum Gasteiger partial charge on any atom is -0.313 e. The molecule has 0 aromatic heterocycles. The molecule has 0 bridgehead atoms. The van der Waals surface area contributed by atoms with E-state index in [9.17, 15) is 0 Å². The van der Waals surface area contributed by atoms with Crippen LogP contribution in [0, 0.1) is 0 Å². The third-order valence-corrected chi connectivity index (χ3v) is 4.65. The van der Waals surface area contributed by atoms with E-state index in [-0.39, 0.29) is 0 Å². The summed E-state index contributed by atoms with van der Waals surface area (Å²) >= 11 is 0. The predicted molar refractivity (Wildman–Crippen MR) is 84.7 cm³/mol. The molecule has 19 heavy (non-hydrogen) atoms. The number of nitrogens with one attached hydrogen (secondary N) is 1. The van der Waals surface area contributed by atoms with Crippen molar-refractivity contribution in [1.29, 1.82) is 0 Å². The zero-order chi connectivity index (χ0) is 14.3. The number of likely N-dealkylation sites (N-methyl/N-ethyl adjacent to an activating group) is 3. The summed E-state index contributed by atoms with van der Waals surface area (Å²) in [7, 11) is 4.60. The van der Waals surface area contributed by atoms with E-state index in [0.29, 0.717) is 12.1 Å². The number of nitrogens with zero attached hydrogens (tertiary/aromatic N) is 2. The highest BCUT2D eigenvalue weighted by Crippen LogP contribution is 2.20. The van der Waals surface area contributed by atoms with Crippen LogP contribution in [0.3, 0.4) is 0 Å². The molecule has 3 heteroatoms. The Morgan fingerprint density at radius 1 is 1.32 bits per heavy atom. The molecular weight excluding hydrogens is 234 g/mol. The third kappa shape index (κ3) is 5.05. The summed E-state index contributed by atoms with van der Waals surface area (Å²) in [5.41, 5.74) is 0. The summed E-state index contributed by atoms with van der Waals surface area (Å²) in [5.74, 6) is 0. The van der Waals surface area contributed by atoms with Crippen LogP contribution in [0.1, 0.15) is 52.9 Å². The van der Waals surface area contributed by atoms with Crippen LogP contribution in [-0.2, 0) is 0 Å². The molecule has 3 unspecified atom stereocenters. The lowest BCUT2D eigenvalue weighted by Crippen LogP contribution is -2.55. The molecule has 1 aliphatic heterocycles. The molecule has 0 amide bonds. The fourth-order valence-electron chi connectivity index (χ4n) is 3.60. The van der Waals surface area contributed by atoms with Crippen molar-refractivity contribution < 1.29 is 0 Å². The fraction of sp³-hybridized carbons (Fsp3) is 1.00. The average Bonchev–Trinajstić information content (AvgIpc) is 2.40. The van der Waals surface area contributed by atoms with Gasteiger partial charge in [0.15, 0.2) is 0 Å². The first-order valence-corrected chi connectivity index (χ1v) is 8.27. The monoisotopic (exact) mass is 269 g/mol. The maximum Gasteiger partial charge on any atom is 0.0247 e. The Kier molecular flexibility index (Phi) is 7.96. The second kappa shape index (κ2) is 8.93. The predicted octanol–water partition coefficient (Wildman–Crippen LogP) is 2.57. The second-order valence-corrected chi connectivity index (χ2v) is 6.15. The highest BCUT2D eigenvalue weighted by atomic mass is 15.2. The van der Waals surface area contributed by atoms with Gasteiger partial charge in [-0.15, -0.1) is 0 Å². The van der Waals surface area contributed by atoms with Gasteiger partial charge in [-0.1, -0.05) is 27.2 Å². The Bertz CT molecular complexity index is 226. The van der Waals surface area contributed by atoms with Crippen LogP contribution >= 0.6 is 0 Å². The van der Waals surface area contributed by atoms with Gasteiger partial charge in [0.1, 0.15) is 0 Å². The number of hydrogen-bond donors (Lipinski definition) is 1. The Morgan fingerprint density at radius 2 is 2.05 bits per heavy atom. The molecule has 0 radical (unpaired) electrons. The molecule has 0 aromatic carbocycles. The molecule has 114 valence electrons. The van der Waals surface area contributed by atoms with E-state index in [1.165, 1.54) is 45.2 Å². The number of piperidine rings is 1. The van der Waals surface area contributed by atoms with E-state index in [0.717, 1.165) is 12.6 Å². The molecule has 1 heterocycles. The van der Waals surface area contributed by atoms with Crippen molar-refractivity contribution in [3.05, 3.63) is 0 Å². The van der Waals surface area contributed by atoms with Gasteiger partial charge in [-0.25, -0.2) is 0 Å². The Balaban J connectivity index is 2.64. The van der Waals surface area contributed by atoms with E-state index in [1.807, 2.05) is 0 Å². The van der Waals surface area contributed by atoms with Crippen LogP contribution < -0.4 is 5.32 Å². The van der Waals surface area contributed by atoms with Crippen molar-refractivity contribution in [2.45, 2.75) is 71.0 Å². The summed E-state index contributed by atoms with van der Waals surface area (Å²) in [5, 5.41) is 3.71. The zero-order valence-electron chi connectivity index (χ0n) is 13.8. The average molecular weight is 269 g/mol. The van der Waals surface area contributed by atoms with Crippen LogP contribution in [0.25, 0.3) is 0 Å². The Hall–Kier alpha value is -0.120. The largest absolute Gasteiger partial charge is 0.313 e. The van der Waals surface area contributed by atoms with Crippen LogP contribution in [-0.4, -0.2) is 61.7 Å². The first-order chi connectivity index (χ1) is 9.13. The smallest absolute Gasteiger partial charge is 0.0247 e. The first kappa shape index (κ1) is 16.9. The van der Waals surface area contributed by atoms with Crippen molar-refractivity contribution >= 4 is 0 Å². The summed E-state index contributed by atoms with van der Waals surface area (Å²) in [6.07, 6.45) is 6.52. The van der Waals surface area contributed by atoms with E-state index in [1.54, 1.807) is 0 Å². The molecule has 1 N–H and O–H groups in total. The summed E-state index contributed by atoms with van der Waals surface area (Å²) in [6.45, 7) is 10.5. The van der Waals surface area contributed by atoms with Crippen molar-refractivity contribution in [2.75, 3.05) is 33.7 Å². The molecule has 0 aliphatic carbocycles. The summed E-state index contributed by atoms with van der Waals surface area (Å²) in [4.78, 5) is 5.15. The maximum atomic E-state index is 3.71. The van der Waals surface area contributed by atoms with Crippen molar-refractivity contribution in [3.8, 4) is 0 Å². The molecule has 1 rings (SSSR count). The van der Waals surface area contributed by atoms with Gasteiger partial charge in [-0.05, 0) is 52.9 Å². The molecule has 1 fully saturated rings.